The highest BCUT2D eigenvalue weighted by Crippen LogP contribution is 2.27. The molecule has 2 saturated heterocycles. The normalized spacial score (nSPS) is 17.8. The van der Waals surface area contributed by atoms with Gasteiger partial charge in [0.05, 0.1) is 7.11 Å². The first-order chi connectivity index (χ1) is 15.1. The van der Waals surface area contributed by atoms with Crippen molar-refractivity contribution in [2.75, 3.05) is 62.7 Å². The summed E-state index contributed by atoms with van der Waals surface area (Å²) >= 11 is 0. The summed E-state index contributed by atoms with van der Waals surface area (Å²) in [6.07, 6.45) is 2.57. The Morgan fingerprint density at radius 1 is 0.774 bits per heavy atom. The van der Waals surface area contributed by atoms with Crippen LogP contribution in [0.4, 0.5) is 11.4 Å². The van der Waals surface area contributed by atoms with Gasteiger partial charge in [0.25, 0.3) is 0 Å². The molecule has 2 aromatic rings. The molecule has 0 amide bonds. The molecule has 4 heteroatoms. The van der Waals surface area contributed by atoms with E-state index in [1.165, 1.54) is 55.0 Å². The summed E-state index contributed by atoms with van der Waals surface area (Å²) in [6.45, 7) is 16.6. The second kappa shape index (κ2) is 11.4. The molecular formula is C27H41N3O. The van der Waals surface area contributed by atoms with Gasteiger partial charge < -0.3 is 14.5 Å². The lowest BCUT2D eigenvalue weighted by molar-refractivity contribution is 0.201. The maximum absolute atomic E-state index is 5.38. The second-order valence-electron chi connectivity index (χ2n) is 8.69. The third-order valence-electron chi connectivity index (χ3n) is 6.78. The lowest BCUT2D eigenvalue weighted by atomic mass is 9.95. The number of benzene rings is 2. The van der Waals surface area contributed by atoms with Gasteiger partial charge in [-0.3, -0.25) is 4.90 Å². The molecule has 4 nitrogen and oxygen atoms in total. The zero-order chi connectivity index (χ0) is 22.2. The molecule has 2 heterocycles. The van der Waals surface area contributed by atoms with E-state index in [1.54, 1.807) is 7.11 Å². The molecule has 0 saturated carbocycles. The van der Waals surface area contributed by atoms with Gasteiger partial charge in [0.2, 0.25) is 0 Å². The largest absolute Gasteiger partial charge is 0.497 e. The molecule has 0 N–H and O–H groups in total. The van der Waals surface area contributed by atoms with Crippen LogP contribution in [0.15, 0.2) is 42.5 Å². The Labute approximate surface area is 189 Å². The predicted molar refractivity (Wildman–Crippen MR) is 134 cm³/mol. The van der Waals surface area contributed by atoms with Gasteiger partial charge in [-0.25, -0.2) is 0 Å². The van der Waals surface area contributed by atoms with Crippen LogP contribution in [0.3, 0.4) is 0 Å². The van der Waals surface area contributed by atoms with E-state index in [2.05, 4.69) is 64.9 Å². The molecule has 4 rings (SSSR count). The maximum Gasteiger partial charge on any atom is 0.120 e. The Balaban J connectivity index is 0.00000132. The fourth-order valence-electron chi connectivity index (χ4n) is 4.66. The van der Waals surface area contributed by atoms with Crippen molar-refractivity contribution in [3.63, 3.8) is 0 Å². The molecular weight excluding hydrogens is 382 g/mol. The van der Waals surface area contributed by atoms with Crippen LogP contribution in [0.1, 0.15) is 37.8 Å². The van der Waals surface area contributed by atoms with E-state index >= 15 is 0 Å². The summed E-state index contributed by atoms with van der Waals surface area (Å²) in [6, 6.07) is 15.4. The molecule has 0 bridgehead atoms. The predicted octanol–water partition coefficient (Wildman–Crippen LogP) is 5.38. The van der Waals surface area contributed by atoms with Crippen molar-refractivity contribution >= 4 is 11.4 Å². The number of nitrogens with zero attached hydrogens (tertiary/aromatic N) is 3. The second-order valence-corrected chi connectivity index (χ2v) is 8.69. The summed E-state index contributed by atoms with van der Waals surface area (Å²) in [7, 11) is 1.74. The lowest BCUT2D eigenvalue weighted by Gasteiger charge is -2.40. The fraction of sp³-hybridized carbons (Fsp3) is 0.556. The standard InChI is InChI=1S/C25H35N3O.C2H6/c1-20-7-8-24(17-21(20)2)28-15-13-26(14-16-28)19-22-9-11-27(12-10-22)23-5-4-6-25(18-23)29-3;1-2/h4-8,17-18,22H,9-16,19H2,1-3H3;1-2H3. The van der Waals surface area contributed by atoms with E-state index in [1.807, 2.05) is 19.9 Å². The average molecular weight is 424 g/mol. The van der Waals surface area contributed by atoms with Gasteiger partial charge in [-0.2, -0.15) is 0 Å². The van der Waals surface area contributed by atoms with Crippen molar-refractivity contribution in [2.45, 2.75) is 40.5 Å². The van der Waals surface area contributed by atoms with Gasteiger partial charge in [-0.15, -0.1) is 0 Å². The molecule has 0 radical (unpaired) electrons. The zero-order valence-electron chi connectivity index (χ0n) is 20.2. The number of hydrogen-bond acceptors (Lipinski definition) is 4. The van der Waals surface area contributed by atoms with Crippen molar-refractivity contribution in [1.29, 1.82) is 0 Å². The summed E-state index contributed by atoms with van der Waals surface area (Å²) < 4.78 is 5.38. The van der Waals surface area contributed by atoms with Gasteiger partial charge in [0.1, 0.15) is 5.75 Å². The van der Waals surface area contributed by atoms with Crippen molar-refractivity contribution in [1.82, 2.24) is 4.90 Å². The molecule has 170 valence electrons. The van der Waals surface area contributed by atoms with Crippen molar-refractivity contribution in [2.24, 2.45) is 5.92 Å². The zero-order valence-corrected chi connectivity index (χ0v) is 20.2. The van der Waals surface area contributed by atoms with Gasteiger partial charge >= 0.3 is 0 Å². The van der Waals surface area contributed by atoms with E-state index < -0.39 is 0 Å². The average Bonchev–Trinajstić information content (AvgIpc) is 2.83. The summed E-state index contributed by atoms with van der Waals surface area (Å²) in [4.78, 5) is 7.74. The number of ether oxygens (including phenoxy) is 1. The molecule has 0 aromatic heterocycles. The first kappa shape index (κ1) is 23.5. The molecule has 2 aromatic carbocycles. The quantitative estimate of drug-likeness (QED) is 0.643. The summed E-state index contributed by atoms with van der Waals surface area (Å²) in [5, 5.41) is 0. The Bertz CT molecular complexity index is 806. The number of rotatable bonds is 5. The Hall–Kier alpha value is -2.20. The topological polar surface area (TPSA) is 19.0 Å². The fourth-order valence-corrected chi connectivity index (χ4v) is 4.66. The van der Waals surface area contributed by atoms with E-state index in [-0.39, 0.29) is 0 Å². The smallest absolute Gasteiger partial charge is 0.120 e. The highest BCUT2D eigenvalue weighted by Gasteiger charge is 2.24. The SMILES string of the molecule is CC.COc1cccc(N2CCC(CN3CCN(c4ccc(C)c(C)c4)CC3)CC2)c1. The molecule has 2 fully saturated rings. The van der Waals surface area contributed by atoms with Crippen molar-refractivity contribution in [3.05, 3.63) is 53.6 Å². The van der Waals surface area contributed by atoms with E-state index in [9.17, 15) is 0 Å². The number of methoxy groups -OCH3 is 1. The Morgan fingerprint density at radius 3 is 2.06 bits per heavy atom. The number of hydrogen-bond donors (Lipinski definition) is 0. The van der Waals surface area contributed by atoms with Crippen LogP contribution in [0.2, 0.25) is 0 Å². The molecule has 0 aliphatic carbocycles. The minimum atomic E-state index is 0.824. The lowest BCUT2D eigenvalue weighted by Crippen LogP contribution is -2.49. The van der Waals surface area contributed by atoms with Crippen LogP contribution in [-0.4, -0.2) is 57.8 Å². The van der Waals surface area contributed by atoms with Crippen molar-refractivity contribution in [3.8, 4) is 5.75 Å². The van der Waals surface area contributed by atoms with Gasteiger partial charge in [-0.05, 0) is 68.0 Å². The monoisotopic (exact) mass is 423 g/mol. The number of anilines is 2. The third kappa shape index (κ3) is 6.16. The van der Waals surface area contributed by atoms with Gasteiger partial charge in [0.15, 0.2) is 0 Å². The number of piperazine rings is 1. The number of aryl methyl sites for hydroxylation is 2. The van der Waals surface area contributed by atoms with Gasteiger partial charge in [-0.1, -0.05) is 26.0 Å². The Morgan fingerprint density at radius 2 is 1.42 bits per heavy atom. The van der Waals surface area contributed by atoms with Gasteiger partial charge in [0, 0.05) is 63.3 Å². The number of piperidine rings is 1. The van der Waals surface area contributed by atoms with Crippen LogP contribution in [0.5, 0.6) is 5.75 Å². The highest BCUT2D eigenvalue weighted by atomic mass is 16.5. The first-order valence-corrected chi connectivity index (χ1v) is 12.1. The van der Waals surface area contributed by atoms with Crippen LogP contribution < -0.4 is 14.5 Å². The maximum atomic E-state index is 5.38. The molecule has 0 spiro atoms. The Kier molecular flexibility index (Phi) is 8.65. The summed E-state index contributed by atoms with van der Waals surface area (Å²) in [5.41, 5.74) is 5.46. The van der Waals surface area contributed by atoms with Crippen LogP contribution >= 0.6 is 0 Å². The highest BCUT2D eigenvalue weighted by molar-refractivity contribution is 5.52. The van der Waals surface area contributed by atoms with Crippen molar-refractivity contribution < 1.29 is 4.74 Å². The minimum Gasteiger partial charge on any atom is -0.497 e. The van der Waals surface area contributed by atoms with Crippen LogP contribution in [0, 0.1) is 19.8 Å². The molecule has 2 aliphatic rings. The van der Waals surface area contributed by atoms with Crippen LogP contribution in [-0.2, 0) is 0 Å². The molecule has 2 aliphatic heterocycles. The van der Waals surface area contributed by atoms with E-state index in [0.29, 0.717) is 0 Å². The van der Waals surface area contributed by atoms with E-state index in [4.69, 9.17) is 4.74 Å². The van der Waals surface area contributed by atoms with E-state index in [0.717, 1.165) is 37.8 Å². The van der Waals surface area contributed by atoms with Crippen LogP contribution in [0.25, 0.3) is 0 Å². The minimum absolute atomic E-state index is 0.824. The molecule has 0 unspecified atom stereocenters. The first-order valence-electron chi connectivity index (χ1n) is 12.1. The third-order valence-corrected chi connectivity index (χ3v) is 6.78. The summed E-state index contributed by atoms with van der Waals surface area (Å²) in [5.74, 6) is 1.77. The molecule has 0 atom stereocenters. The molecule has 31 heavy (non-hydrogen) atoms.